The van der Waals surface area contributed by atoms with E-state index < -0.39 is 0 Å². The molecule has 0 saturated heterocycles. The van der Waals surface area contributed by atoms with Crippen LogP contribution in [0.3, 0.4) is 0 Å². The Morgan fingerprint density at radius 1 is 1.73 bits per heavy atom. The number of alkyl halides is 1. The molecule has 0 amide bonds. The third-order valence-electron chi connectivity index (χ3n) is 1.08. The van der Waals surface area contributed by atoms with Gasteiger partial charge >= 0.3 is 0 Å². The van der Waals surface area contributed by atoms with Crippen LogP contribution in [-0.2, 0) is 4.74 Å². The quantitative estimate of drug-likeness (QED) is 0.438. The molecule has 1 unspecified atom stereocenters. The molecule has 0 aromatic heterocycles. The normalized spacial score (nSPS) is 23.6. The van der Waals surface area contributed by atoms with Gasteiger partial charge in [-0.2, -0.15) is 0 Å². The van der Waals surface area contributed by atoms with Gasteiger partial charge in [-0.15, -0.1) is 0 Å². The smallest absolute Gasteiger partial charge is 0.228 e. The molecule has 0 bridgehead atoms. The maximum Gasteiger partial charge on any atom is 0.228 e. The van der Waals surface area contributed by atoms with Crippen molar-refractivity contribution in [2.24, 2.45) is 9.98 Å². The zero-order valence-electron chi connectivity index (χ0n) is 6.62. The molecule has 0 aliphatic carbocycles. The van der Waals surface area contributed by atoms with Crippen molar-refractivity contribution in [2.45, 2.75) is 25.5 Å². The van der Waals surface area contributed by atoms with Crippen LogP contribution in [0.15, 0.2) is 9.98 Å². The highest BCUT2D eigenvalue weighted by atomic mass is 35.5. The zero-order chi connectivity index (χ0) is 8.27. The Balaban J connectivity index is 2.50. The van der Waals surface area contributed by atoms with Gasteiger partial charge in [0.15, 0.2) is 0 Å². The van der Waals surface area contributed by atoms with Gasteiger partial charge in [0.1, 0.15) is 5.50 Å². The highest BCUT2D eigenvalue weighted by Gasteiger charge is 2.09. The van der Waals surface area contributed by atoms with Crippen LogP contribution >= 0.6 is 11.6 Å². The second-order valence-corrected chi connectivity index (χ2v) is 3.07. The summed E-state index contributed by atoms with van der Waals surface area (Å²) in [5.74, 6) is 0.534. The topological polar surface area (TPSA) is 34.0 Å². The molecule has 0 radical (unpaired) electrons. The van der Waals surface area contributed by atoms with Crippen molar-refractivity contribution in [1.82, 2.24) is 0 Å². The molecule has 3 nitrogen and oxygen atoms in total. The van der Waals surface area contributed by atoms with Gasteiger partial charge in [-0.1, -0.05) is 11.6 Å². The van der Waals surface area contributed by atoms with E-state index in [1.807, 2.05) is 13.8 Å². The Kier molecular flexibility index (Phi) is 2.88. The van der Waals surface area contributed by atoms with E-state index in [1.54, 1.807) is 6.21 Å². The van der Waals surface area contributed by atoms with Crippen molar-refractivity contribution in [1.29, 1.82) is 0 Å². The van der Waals surface area contributed by atoms with E-state index in [0.717, 1.165) is 0 Å². The summed E-state index contributed by atoms with van der Waals surface area (Å²) in [6.45, 7) is 4.43. The summed E-state index contributed by atoms with van der Waals surface area (Å²) in [6.07, 6.45) is 1.74. The predicted octanol–water partition coefficient (Wildman–Crippen LogP) is 1.46. The first kappa shape index (κ1) is 8.53. The number of rotatable bonds is 1. The van der Waals surface area contributed by atoms with E-state index >= 15 is 0 Å². The molecular formula is C7H11ClN2O. The second-order valence-electron chi connectivity index (χ2n) is 2.56. The van der Waals surface area contributed by atoms with Crippen molar-refractivity contribution >= 4 is 23.7 Å². The molecule has 0 spiro atoms. The lowest BCUT2D eigenvalue weighted by atomic mass is 10.4. The molecule has 1 aliphatic rings. The molecule has 0 N–H and O–H groups in total. The summed E-state index contributed by atoms with van der Waals surface area (Å²) in [5.41, 5.74) is -0.256. The first-order chi connectivity index (χ1) is 5.18. The largest absolute Gasteiger partial charge is 0.474 e. The molecule has 0 aromatic rings. The lowest BCUT2D eigenvalue weighted by Gasteiger charge is -2.13. The maximum absolute atomic E-state index is 5.71. The highest BCUT2D eigenvalue weighted by molar-refractivity contribution is 6.29. The standard InChI is InChI=1S/C7H11ClN2O/c1-5(2)11-7-4-9-3-6(8)10-7/h4-6H,3H2,1-2H3. The summed E-state index contributed by atoms with van der Waals surface area (Å²) < 4.78 is 5.28. The van der Waals surface area contributed by atoms with Gasteiger partial charge < -0.3 is 4.74 Å². The van der Waals surface area contributed by atoms with Crippen molar-refractivity contribution < 1.29 is 4.74 Å². The lowest BCUT2D eigenvalue weighted by Crippen LogP contribution is -2.19. The molecule has 0 aromatic carbocycles. The van der Waals surface area contributed by atoms with Gasteiger partial charge in [0, 0.05) is 0 Å². The molecule has 11 heavy (non-hydrogen) atoms. The molecule has 0 saturated carbocycles. The van der Waals surface area contributed by atoms with E-state index in [4.69, 9.17) is 16.3 Å². The average Bonchev–Trinajstić information content (AvgIpc) is 1.85. The Labute approximate surface area is 71.1 Å². The first-order valence-corrected chi connectivity index (χ1v) is 4.00. The van der Waals surface area contributed by atoms with Gasteiger partial charge in [0.25, 0.3) is 0 Å². The van der Waals surface area contributed by atoms with Crippen LogP contribution in [0.2, 0.25) is 0 Å². The summed E-state index contributed by atoms with van der Waals surface area (Å²) in [4.78, 5) is 8.01. The minimum Gasteiger partial charge on any atom is -0.474 e. The molecule has 0 fully saturated rings. The number of nitrogens with zero attached hydrogens (tertiary/aromatic N) is 2. The first-order valence-electron chi connectivity index (χ1n) is 3.57. The van der Waals surface area contributed by atoms with Crippen LogP contribution in [0, 0.1) is 0 Å². The third-order valence-corrected chi connectivity index (χ3v) is 1.32. The van der Waals surface area contributed by atoms with Crippen molar-refractivity contribution in [3.8, 4) is 0 Å². The van der Waals surface area contributed by atoms with Crippen LogP contribution in [0.25, 0.3) is 0 Å². The summed E-state index contributed by atoms with van der Waals surface area (Å²) >= 11 is 5.71. The Hall–Kier alpha value is -0.570. The van der Waals surface area contributed by atoms with E-state index in [-0.39, 0.29) is 11.6 Å². The lowest BCUT2D eigenvalue weighted by molar-refractivity contribution is 0.232. The summed E-state index contributed by atoms with van der Waals surface area (Å²) in [7, 11) is 0. The summed E-state index contributed by atoms with van der Waals surface area (Å²) in [5, 5.41) is 0. The van der Waals surface area contributed by atoms with Crippen LogP contribution in [-0.4, -0.2) is 30.3 Å². The monoisotopic (exact) mass is 174 g/mol. The number of halogens is 1. The number of aliphatic imine (C=N–C) groups is 2. The van der Waals surface area contributed by atoms with Gasteiger partial charge in [0.2, 0.25) is 5.90 Å². The van der Waals surface area contributed by atoms with Gasteiger partial charge in [-0.3, -0.25) is 4.99 Å². The van der Waals surface area contributed by atoms with E-state index in [0.29, 0.717) is 12.4 Å². The van der Waals surface area contributed by atoms with E-state index in [1.165, 1.54) is 0 Å². The number of hydrogen-bond donors (Lipinski definition) is 0. The minimum absolute atomic E-state index is 0.127. The molecule has 1 heterocycles. The Bertz CT molecular complexity index is 189. The number of hydrogen-bond acceptors (Lipinski definition) is 3. The predicted molar refractivity (Wildman–Crippen MR) is 46.7 cm³/mol. The van der Waals surface area contributed by atoms with Gasteiger partial charge in [-0.05, 0) is 13.8 Å². The fraction of sp³-hybridized carbons (Fsp3) is 0.714. The molecule has 62 valence electrons. The fourth-order valence-corrected chi connectivity index (χ4v) is 0.908. The van der Waals surface area contributed by atoms with Crippen LogP contribution in [0.1, 0.15) is 13.8 Å². The van der Waals surface area contributed by atoms with Crippen LogP contribution < -0.4 is 0 Å². The average molecular weight is 175 g/mol. The van der Waals surface area contributed by atoms with Crippen molar-refractivity contribution in [2.75, 3.05) is 6.54 Å². The van der Waals surface area contributed by atoms with Gasteiger partial charge in [0.05, 0.1) is 18.9 Å². The number of ether oxygens (including phenoxy) is 1. The van der Waals surface area contributed by atoms with Crippen LogP contribution in [0.5, 0.6) is 0 Å². The molecule has 1 rings (SSSR count). The van der Waals surface area contributed by atoms with Gasteiger partial charge in [-0.25, -0.2) is 4.99 Å². The van der Waals surface area contributed by atoms with Crippen molar-refractivity contribution in [3.63, 3.8) is 0 Å². The maximum atomic E-state index is 5.71. The minimum atomic E-state index is -0.256. The fourth-order valence-electron chi connectivity index (χ4n) is 0.732. The molecule has 1 atom stereocenters. The SMILES string of the molecule is CC(C)OC1=NC(Cl)CN=C1. The van der Waals surface area contributed by atoms with E-state index in [9.17, 15) is 0 Å². The Morgan fingerprint density at radius 3 is 3.00 bits per heavy atom. The molecule has 1 aliphatic heterocycles. The molecular weight excluding hydrogens is 164 g/mol. The van der Waals surface area contributed by atoms with Crippen LogP contribution in [0.4, 0.5) is 0 Å². The second kappa shape index (κ2) is 3.72. The van der Waals surface area contributed by atoms with E-state index in [2.05, 4.69) is 9.98 Å². The van der Waals surface area contributed by atoms with Crippen molar-refractivity contribution in [3.05, 3.63) is 0 Å². The summed E-state index contributed by atoms with van der Waals surface area (Å²) in [6, 6.07) is 0. The molecule has 4 heteroatoms. The zero-order valence-corrected chi connectivity index (χ0v) is 7.38. The Morgan fingerprint density at radius 2 is 2.45 bits per heavy atom. The highest BCUT2D eigenvalue weighted by Crippen LogP contribution is 2.04. The third kappa shape index (κ3) is 2.89.